The number of ketones is 1. The highest BCUT2D eigenvalue weighted by Gasteiger charge is 2.29. The summed E-state index contributed by atoms with van der Waals surface area (Å²) in [5.74, 6) is -2.02. The first-order valence-corrected chi connectivity index (χ1v) is 25.6. The highest BCUT2D eigenvalue weighted by atomic mass is 35.5. The van der Waals surface area contributed by atoms with Gasteiger partial charge in [-0.25, -0.2) is 22.5 Å². The molecule has 0 amide bonds. The standard InChI is InChI=1S/C50H67ClF3N9O11/c1-2-41-7-8-47(74-41)63-49-44(34-55-63)48(56-50(51)57-49)61-12-10-60(11-13-61)39-3-5-42(6-4-39)73-30-29-71-26-25-69-23-24-70-27-28-72-36-38-35-62(59-58-38)14-16-66-18-20-68-22-21-67-19-17-65-15-9-40(64)33-43-45(53)31-37(52)32-46(43)54/h3-6,31-32,34-35,41,47H,2,7-30,33,36H2,1H3. The van der Waals surface area contributed by atoms with Crippen LogP contribution in [0.3, 0.4) is 0 Å². The third-order valence-corrected chi connectivity index (χ3v) is 12.2. The lowest BCUT2D eigenvalue weighted by Gasteiger charge is -2.37. The second kappa shape index (κ2) is 31.1. The van der Waals surface area contributed by atoms with Crippen molar-refractivity contribution in [2.75, 3.05) is 142 Å². The van der Waals surface area contributed by atoms with E-state index in [4.69, 9.17) is 59.0 Å². The monoisotopic (exact) mass is 1060 g/mol. The van der Waals surface area contributed by atoms with Crippen LogP contribution in [0.2, 0.25) is 5.28 Å². The van der Waals surface area contributed by atoms with Gasteiger partial charge in [-0.15, -0.1) is 5.10 Å². The zero-order valence-corrected chi connectivity index (χ0v) is 42.6. The Morgan fingerprint density at radius 1 is 0.716 bits per heavy atom. The number of Topliss-reactive ketones (excluding diaryl/α,β-unsaturated/α-hetero) is 1. The van der Waals surface area contributed by atoms with Crippen LogP contribution in [0.4, 0.5) is 24.7 Å². The molecule has 0 spiro atoms. The van der Waals surface area contributed by atoms with Crippen LogP contribution in [0.15, 0.2) is 48.8 Å². The summed E-state index contributed by atoms with van der Waals surface area (Å²) in [5.41, 5.74) is 2.10. The van der Waals surface area contributed by atoms with Gasteiger partial charge < -0.3 is 57.2 Å². The molecule has 2 fully saturated rings. The van der Waals surface area contributed by atoms with E-state index in [0.29, 0.717) is 129 Å². The van der Waals surface area contributed by atoms with Gasteiger partial charge in [0.15, 0.2) is 11.9 Å². The van der Waals surface area contributed by atoms with Crippen LogP contribution in [0.1, 0.15) is 50.1 Å². The molecule has 0 N–H and O–H groups in total. The Balaban J connectivity index is 0.608. The van der Waals surface area contributed by atoms with E-state index in [1.54, 1.807) is 10.9 Å². The average molecular weight is 1060 g/mol. The molecule has 2 aromatic carbocycles. The van der Waals surface area contributed by atoms with E-state index in [-0.39, 0.29) is 37.3 Å². The number of hydrogen-bond acceptors (Lipinski definition) is 18. The lowest BCUT2D eigenvalue weighted by Crippen LogP contribution is -2.47. The van der Waals surface area contributed by atoms with Crippen molar-refractivity contribution in [2.24, 2.45) is 0 Å². The largest absolute Gasteiger partial charge is 0.491 e. The summed E-state index contributed by atoms with van der Waals surface area (Å²) in [6, 6.07) is 9.24. The lowest BCUT2D eigenvalue weighted by molar-refractivity contribution is -0.119. The Bertz CT molecular complexity index is 2410. The number of nitrogens with zero attached hydrogens (tertiary/aromatic N) is 9. The van der Waals surface area contributed by atoms with E-state index in [1.165, 1.54) is 0 Å². The van der Waals surface area contributed by atoms with Crippen molar-refractivity contribution in [1.29, 1.82) is 0 Å². The van der Waals surface area contributed by atoms with Crippen molar-refractivity contribution in [2.45, 2.75) is 64.5 Å². The van der Waals surface area contributed by atoms with Crippen LogP contribution in [-0.2, 0) is 67.0 Å². The number of carbonyl (C=O) groups is 1. The van der Waals surface area contributed by atoms with Crippen LogP contribution in [0, 0.1) is 17.5 Å². The van der Waals surface area contributed by atoms with E-state index in [0.717, 1.165) is 68.1 Å². The van der Waals surface area contributed by atoms with E-state index >= 15 is 0 Å². The fourth-order valence-electron chi connectivity index (χ4n) is 8.13. The van der Waals surface area contributed by atoms with Crippen LogP contribution in [0.25, 0.3) is 11.0 Å². The van der Waals surface area contributed by atoms with Gasteiger partial charge in [0, 0.05) is 62.4 Å². The molecule has 2 atom stereocenters. The molecule has 2 aliphatic heterocycles. The first kappa shape index (κ1) is 56.6. The molecule has 5 heterocycles. The first-order valence-electron chi connectivity index (χ1n) is 25.2. The van der Waals surface area contributed by atoms with Gasteiger partial charge >= 0.3 is 0 Å². The second-order valence-corrected chi connectivity index (χ2v) is 17.6. The maximum absolute atomic E-state index is 13.7. The molecule has 0 saturated carbocycles. The zero-order valence-electron chi connectivity index (χ0n) is 41.9. The SMILES string of the molecule is CCC1CCC(n2ncc3c(N4CCN(c5ccc(OCCOCCOCCOCCOCc6cn(CCOCCOCCOCCOCCC(=O)Cc7c(F)cc(F)cc7F)nn6)cc5)CC4)nc(Cl)nc32)O1. The Hall–Kier alpha value is -5.08. The number of rotatable bonds is 36. The number of fused-ring (bicyclic) bond motifs is 1. The van der Waals surface area contributed by atoms with Crippen molar-refractivity contribution in [1.82, 2.24) is 34.7 Å². The summed E-state index contributed by atoms with van der Waals surface area (Å²) >= 11 is 6.43. The fourth-order valence-corrected chi connectivity index (χ4v) is 8.29. The van der Waals surface area contributed by atoms with Gasteiger partial charge in [0.2, 0.25) is 5.28 Å². The maximum atomic E-state index is 13.7. The molecular weight excluding hydrogens is 995 g/mol. The number of hydrogen-bond donors (Lipinski definition) is 0. The zero-order chi connectivity index (χ0) is 51.7. The minimum atomic E-state index is -1.08. The van der Waals surface area contributed by atoms with Crippen molar-refractivity contribution >= 4 is 39.9 Å². The number of halogens is 4. The molecule has 0 radical (unpaired) electrons. The van der Waals surface area contributed by atoms with E-state index in [1.807, 2.05) is 23.0 Å². The van der Waals surface area contributed by atoms with Gasteiger partial charge in [-0.3, -0.25) is 4.79 Å². The predicted octanol–water partition coefficient (Wildman–Crippen LogP) is 5.82. The van der Waals surface area contributed by atoms with Crippen LogP contribution < -0.4 is 14.5 Å². The van der Waals surface area contributed by atoms with Gasteiger partial charge in [0.25, 0.3) is 0 Å². The minimum absolute atomic E-state index is 0.0288. The summed E-state index contributed by atoms with van der Waals surface area (Å²) < 4.78 is 100. The average Bonchev–Trinajstić information content (AvgIpc) is 4.18. The molecule has 406 valence electrons. The molecule has 24 heteroatoms. The predicted molar refractivity (Wildman–Crippen MR) is 265 cm³/mol. The summed E-state index contributed by atoms with van der Waals surface area (Å²) in [4.78, 5) is 25.7. The quantitative estimate of drug-likeness (QED) is 0.0344. The van der Waals surface area contributed by atoms with Crippen molar-refractivity contribution in [3.05, 3.63) is 82.8 Å². The Morgan fingerprint density at radius 3 is 1.92 bits per heavy atom. The molecule has 20 nitrogen and oxygen atoms in total. The summed E-state index contributed by atoms with van der Waals surface area (Å²) in [7, 11) is 0. The smallest absolute Gasteiger partial charge is 0.226 e. The number of aromatic nitrogens is 7. The molecule has 0 aliphatic carbocycles. The van der Waals surface area contributed by atoms with Gasteiger partial charge in [-0.2, -0.15) is 15.1 Å². The van der Waals surface area contributed by atoms with Gasteiger partial charge in [0.1, 0.15) is 47.1 Å². The molecule has 7 rings (SSSR count). The summed E-state index contributed by atoms with van der Waals surface area (Å²) in [6.45, 7) is 12.3. The summed E-state index contributed by atoms with van der Waals surface area (Å²) in [5, 5.41) is 14.0. The Labute approximate surface area is 433 Å². The third kappa shape index (κ3) is 18.3. The maximum Gasteiger partial charge on any atom is 0.226 e. The number of benzene rings is 2. The van der Waals surface area contributed by atoms with Gasteiger partial charge in [-0.05, 0) is 55.1 Å². The number of carbonyl (C=O) groups excluding carboxylic acids is 1. The number of ether oxygens (including phenoxy) is 10. The third-order valence-electron chi connectivity index (χ3n) is 12.0. The van der Waals surface area contributed by atoms with Gasteiger partial charge in [0.05, 0.1) is 136 Å². The van der Waals surface area contributed by atoms with Gasteiger partial charge in [-0.1, -0.05) is 12.1 Å². The van der Waals surface area contributed by atoms with Crippen molar-refractivity contribution < 1.29 is 65.3 Å². The molecule has 3 aromatic heterocycles. The molecule has 74 heavy (non-hydrogen) atoms. The van der Waals surface area contributed by atoms with E-state index < -0.39 is 35.2 Å². The Morgan fingerprint density at radius 2 is 1.30 bits per heavy atom. The highest BCUT2D eigenvalue weighted by Crippen LogP contribution is 2.34. The lowest BCUT2D eigenvalue weighted by atomic mass is 10.1. The first-order chi connectivity index (χ1) is 36.2. The topological polar surface area (TPSA) is 190 Å². The highest BCUT2D eigenvalue weighted by molar-refractivity contribution is 6.28. The van der Waals surface area contributed by atoms with Crippen LogP contribution >= 0.6 is 11.6 Å². The molecular formula is C50H67ClF3N9O11. The van der Waals surface area contributed by atoms with Crippen LogP contribution in [0.5, 0.6) is 5.75 Å². The van der Waals surface area contributed by atoms with E-state index in [2.05, 4.69) is 54.2 Å². The normalized spacial score (nSPS) is 16.0. The van der Waals surface area contributed by atoms with E-state index in [9.17, 15) is 18.0 Å². The Kier molecular flexibility index (Phi) is 23.8. The molecule has 0 bridgehead atoms. The molecule has 2 unspecified atom stereocenters. The summed E-state index contributed by atoms with van der Waals surface area (Å²) in [6.07, 6.45) is 6.14. The fraction of sp³-hybridized carbons (Fsp3) is 0.600. The number of anilines is 2. The van der Waals surface area contributed by atoms with Crippen LogP contribution in [-0.4, -0.2) is 179 Å². The minimum Gasteiger partial charge on any atom is -0.491 e. The van der Waals surface area contributed by atoms with Crippen molar-refractivity contribution in [3.63, 3.8) is 0 Å². The van der Waals surface area contributed by atoms with Crippen molar-refractivity contribution in [3.8, 4) is 5.75 Å². The molecule has 2 saturated heterocycles. The number of piperazine rings is 1. The second-order valence-electron chi connectivity index (χ2n) is 17.3. The molecule has 5 aromatic rings. The molecule has 2 aliphatic rings.